The Balaban J connectivity index is 2.28. The summed E-state index contributed by atoms with van der Waals surface area (Å²) in [6.07, 6.45) is 0. The summed E-state index contributed by atoms with van der Waals surface area (Å²) < 4.78 is 0. The summed E-state index contributed by atoms with van der Waals surface area (Å²) in [6, 6.07) is 22.8. The van der Waals surface area contributed by atoms with Crippen LogP contribution < -0.4 is 5.48 Å². The lowest BCUT2D eigenvalue weighted by Crippen LogP contribution is -1.91. The third kappa shape index (κ3) is 1.49. The van der Waals surface area contributed by atoms with Gasteiger partial charge in [-0.3, -0.25) is 10.7 Å². The maximum absolute atomic E-state index is 9.36. The van der Waals surface area contributed by atoms with Crippen LogP contribution in [0.25, 0.3) is 32.3 Å². The second-order valence-corrected chi connectivity index (χ2v) is 4.96. The Kier molecular flexibility index (Phi) is 2.38. The lowest BCUT2D eigenvalue weighted by atomic mass is 9.96. The zero-order valence-electron chi connectivity index (χ0n) is 10.8. The third-order valence-electron chi connectivity index (χ3n) is 3.89. The van der Waals surface area contributed by atoms with Crippen LogP contribution >= 0.6 is 0 Å². The molecule has 4 aromatic carbocycles. The predicted octanol–water partition coefficient (Wildman–Crippen LogP) is 4.95. The summed E-state index contributed by atoms with van der Waals surface area (Å²) in [5.74, 6) is 0. The van der Waals surface area contributed by atoms with E-state index in [1.165, 1.54) is 16.2 Å². The molecule has 0 fully saturated rings. The monoisotopic (exact) mass is 259 g/mol. The summed E-state index contributed by atoms with van der Waals surface area (Å²) in [6.45, 7) is 0. The van der Waals surface area contributed by atoms with Gasteiger partial charge >= 0.3 is 0 Å². The summed E-state index contributed by atoms with van der Waals surface area (Å²) in [5, 5.41) is 16.4. The summed E-state index contributed by atoms with van der Waals surface area (Å²) >= 11 is 0. The summed E-state index contributed by atoms with van der Waals surface area (Å²) in [7, 11) is 0. The van der Waals surface area contributed by atoms with Crippen molar-refractivity contribution in [2.45, 2.75) is 0 Å². The van der Waals surface area contributed by atoms with Gasteiger partial charge in [-0.15, -0.1) is 0 Å². The van der Waals surface area contributed by atoms with E-state index < -0.39 is 0 Å². The highest BCUT2D eigenvalue weighted by atomic mass is 16.5. The molecule has 0 heterocycles. The van der Waals surface area contributed by atoms with Crippen molar-refractivity contribution >= 4 is 38.0 Å². The lowest BCUT2D eigenvalue weighted by molar-refractivity contribution is 0.390. The summed E-state index contributed by atoms with van der Waals surface area (Å²) in [5.41, 5.74) is 3.05. The zero-order valence-corrected chi connectivity index (χ0v) is 10.8. The highest BCUT2D eigenvalue weighted by Crippen LogP contribution is 2.34. The van der Waals surface area contributed by atoms with E-state index in [0.717, 1.165) is 21.8 Å². The van der Waals surface area contributed by atoms with E-state index in [4.69, 9.17) is 0 Å². The molecule has 0 saturated carbocycles. The second kappa shape index (κ2) is 4.22. The van der Waals surface area contributed by atoms with Gasteiger partial charge in [0.1, 0.15) is 0 Å². The minimum atomic E-state index is 0.739. The van der Waals surface area contributed by atoms with Gasteiger partial charge in [0.2, 0.25) is 0 Å². The molecule has 4 aromatic rings. The first-order chi connectivity index (χ1) is 9.88. The van der Waals surface area contributed by atoms with Gasteiger partial charge < -0.3 is 0 Å². The van der Waals surface area contributed by atoms with Crippen LogP contribution in [-0.4, -0.2) is 5.21 Å². The number of anilines is 1. The van der Waals surface area contributed by atoms with Crippen LogP contribution in [0.4, 0.5) is 5.69 Å². The molecule has 0 bridgehead atoms. The van der Waals surface area contributed by atoms with E-state index in [-0.39, 0.29) is 0 Å². The van der Waals surface area contributed by atoms with Gasteiger partial charge in [-0.25, -0.2) is 0 Å². The maximum Gasteiger partial charge on any atom is 0.0686 e. The molecule has 0 aromatic heterocycles. The van der Waals surface area contributed by atoms with Crippen molar-refractivity contribution in [1.29, 1.82) is 0 Å². The van der Waals surface area contributed by atoms with E-state index in [0.29, 0.717) is 0 Å². The minimum Gasteiger partial charge on any atom is -0.291 e. The van der Waals surface area contributed by atoms with Crippen molar-refractivity contribution in [3.63, 3.8) is 0 Å². The summed E-state index contributed by atoms with van der Waals surface area (Å²) in [4.78, 5) is 0. The highest BCUT2D eigenvalue weighted by molar-refractivity contribution is 6.20. The molecule has 0 atom stereocenters. The molecule has 2 nitrogen and oxygen atoms in total. The number of fused-ring (bicyclic) bond motifs is 5. The molecule has 2 heteroatoms. The van der Waals surface area contributed by atoms with E-state index in [1.807, 2.05) is 12.1 Å². The van der Waals surface area contributed by atoms with Gasteiger partial charge in [0.25, 0.3) is 0 Å². The van der Waals surface area contributed by atoms with E-state index in [1.54, 1.807) is 0 Å². The fourth-order valence-electron chi connectivity index (χ4n) is 2.97. The first-order valence-corrected chi connectivity index (χ1v) is 6.62. The fraction of sp³-hybridized carbons (Fsp3) is 0. The molecular weight excluding hydrogens is 246 g/mol. The van der Waals surface area contributed by atoms with Gasteiger partial charge in [0, 0.05) is 5.39 Å². The van der Waals surface area contributed by atoms with Crippen molar-refractivity contribution in [3.8, 4) is 0 Å². The number of nitrogens with one attached hydrogen (secondary N) is 1. The molecule has 20 heavy (non-hydrogen) atoms. The number of rotatable bonds is 1. The van der Waals surface area contributed by atoms with Crippen LogP contribution in [0.1, 0.15) is 0 Å². The SMILES string of the molecule is ONc1cccc2ccc3c4ccccc4ccc3c12. The Morgan fingerprint density at radius 2 is 1.35 bits per heavy atom. The van der Waals surface area contributed by atoms with Gasteiger partial charge in [0.05, 0.1) is 5.69 Å². The van der Waals surface area contributed by atoms with Gasteiger partial charge in [0.15, 0.2) is 0 Å². The molecule has 0 saturated heterocycles. The Morgan fingerprint density at radius 3 is 2.25 bits per heavy atom. The standard InChI is InChI=1S/C18H13NO/c20-19-17-7-3-5-13-9-10-15-14-6-2-1-4-12(14)8-11-16(15)18(13)17/h1-11,19-20H. The first-order valence-electron chi connectivity index (χ1n) is 6.62. The van der Waals surface area contributed by atoms with Gasteiger partial charge in [-0.05, 0) is 33.0 Å². The van der Waals surface area contributed by atoms with Crippen molar-refractivity contribution in [1.82, 2.24) is 0 Å². The Morgan fingerprint density at radius 1 is 0.600 bits per heavy atom. The minimum absolute atomic E-state index is 0.739. The number of hydrogen-bond donors (Lipinski definition) is 2. The maximum atomic E-state index is 9.36. The second-order valence-electron chi connectivity index (χ2n) is 4.96. The molecular formula is C18H13NO. The number of benzene rings is 4. The van der Waals surface area contributed by atoms with Gasteiger partial charge in [-0.1, -0.05) is 60.7 Å². The van der Waals surface area contributed by atoms with Crippen LogP contribution in [0.5, 0.6) is 0 Å². The van der Waals surface area contributed by atoms with Crippen molar-refractivity contribution < 1.29 is 5.21 Å². The molecule has 2 N–H and O–H groups in total. The Labute approximate surface area is 116 Å². The van der Waals surface area contributed by atoms with Crippen LogP contribution in [0.15, 0.2) is 66.7 Å². The molecule has 0 aliphatic carbocycles. The molecule has 0 aliphatic heterocycles. The van der Waals surface area contributed by atoms with E-state index in [2.05, 4.69) is 60.1 Å². The predicted molar refractivity (Wildman–Crippen MR) is 84.4 cm³/mol. The molecule has 0 spiro atoms. The molecule has 4 rings (SSSR count). The van der Waals surface area contributed by atoms with Gasteiger partial charge in [-0.2, -0.15) is 0 Å². The van der Waals surface area contributed by atoms with Crippen LogP contribution in [-0.2, 0) is 0 Å². The van der Waals surface area contributed by atoms with Crippen molar-refractivity contribution in [3.05, 3.63) is 66.7 Å². The molecule has 0 aliphatic rings. The Bertz CT molecular complexity index is 944. The van der Waals surface area contributed by atoms with Crippen molar-refractivity contribution in [2.75, 3.05) is 5.48 Å². The average molecular weight is 259 g/mol. The lowest BCUT2D eigenvalue weighted by Gasteiger charge is -2.10. The highest BCUT2D eigenvalue weighted by Gasteiger charge is 2.07. The molecule has 96 valence electrons. The van der Waals surface area contributed by atoms with Crippen LogP contribution in [0.2, 0.25) is 0 Å². The smallest absolute Gasteiger partial charge is 0.0686 e. The average Bonchev–Trinajstić information content (AvgIpc) is 2.53. The van der Waals surface area contributed by atoms with Crippen LogP contribution in [0.3, 0.4) is 0 Å². The van der Waals surface area contributed by atoms with Crippen LogP contribution in [0, 0.1) is 0 Å². The molecule has 0 amide bonds. The normalized spacial score (nSPS) is 11.2. The number of hydrogen-bond acceptors (Lipinski definition) is 2. The fourth-order valence-corrected chi connectivity index (χ4v) is 2.97. The zero-order chi connectivity index (χ0) is 13.5. The molecule has 0 radical (unpaired) electrons. The van der Waals surface area contributed by atoms with Crippen molar-refractivity contribution in [2.24, 2.45) is 0 Å². The largest absolute Gasteiger partial charge is 0.291 e. The third-order valence-corrected chi connectivity index (χ3v) is 3.89. The Hall–Kier alpha value is -2.58. The first kappa shape index (κ1) is 11.3. The quantitative estimate of drug-likeness (QED) is 0.374. The van der Waals surface area contributed by atoms with E-state index in [9.17, 15) is 5.21 Å². The van der Waals surface area contributed by atoms with E-state index >= 15 is 0 Å². The molecule has 0 unspecified atom stereocenters. The topological polar surface area (TPSA) is 32.3 Å².